The topological polar surface area (TPSA) is 21.3 Å². The molecule has 1 unspecified atom stereocenters. The van der Waals surface area contributed by atoms with E-state index in [4.69, 9.17) is 4.74 Å². The van der Waals surface area contributed by atoms with Crippen LogP contribution in [0.3, 0.4) is 0 Å². The minimum absolute atomic E-state index is 0.194. The zero-order valence-electron chi connectivity index (χ0n) is 10.3. The Morgan fingerprint density at radius 1 is 1.31 bits per heavy atom. The van der Waals surface area contributed by atoms with Gasteiger partial charge in [0, 0.05) is 12.6 Å². The lowest BCUT2D eigenvalue weighted by Crippen LogP contribution is -2.32. The maximum Gasteiger partial charge on any atom is 0.0502 e. The molecule has 2 nitrogen and oxygen atoms in total. The molecule has 1 aromatic carbocycles. The zero-order chi connectivity index (χ0) is 11.4. The largest absolute Gasteiger partial charge is 0.384 e. The van der Waals surface area contributed by atoms with Gasteiger partial charge in [0.15, 0.2) is 0 Å². The maximum atomic E-state index is 5.08. The van der Waals surface area contributed by atoms with Crippen LogP contribution in [0.1, 0.15) is 30.9 Å². The Labute approximate surface area is 98.0 Å². The molecule has 1 saturated heterocycles. The lowest BCUT2D eigenvalue weighted by Gasteiger charge is -2.25. The molecule has 1 fully saturated rings. The van der Waals surface area contributed by atoms with Crippen LogP contribution in [0.2, 0.25) is 0 Å². The van der Waals surface area contributed by atoms with Crippen molar-refractivity contribution in [3.63, 3.8) is 0 Å². The van der Waals surface area contributed by atoms with Gasteiger partial charge in [-0.1, -0.05) is 24.3 Å². The van der Waals surface area contributed by atoms with E-state index in [-0.39, 0.29) is 5.54 Å². The second kappa shape index (κ2) is 4.98. The van der Waals surface area contributed by atoms with Crippen molar-refractivity contribution in [3.05, 3.63) is 35.4 Å². The van der Waals surface area contributed by atoms with Crippen molar-refractivity contribution in [1.29, 1.82) is 0 Å². The zero-order valence-corrected chi connectivity index (χ0v) is 10.3. The lowest BCUT2D eigenvalue weighted by atomic mass is 9.90. The predicted molar refractivity (Wildman–Crippen MR) is 66.6 cm³/mol. The molecule has 0 saturated carbocycles. The summed E-state index contributed by atoms with van der Waals surface area (Å²) in [6, 6.07) is 8.95. The summed E-state index contributed by atoms with van der Waals surface area (Å²) in [6.45, 7) is 4.24. The fourth-order valence-electron chi connectivity index (χ4n) is 2.40. The third-order valence-corrected chi connectivity index (χ3v) is 3.55. The molecular formula is C14H21NO. The molecule has 0 spiro atoms. The Balaban J connectivity index is 2.06. The molecule has 2 rings (SSSR count). The summed E-state index contributed by atoms with van der Waals surface area (Å²) >= 11 is 0. The van der Waals surface area contributed by atoms with Crippen LogP contribution >= 0.6 is 0 Å². The summed E-state index contributed by atoms with van der Waals surface area (Å²) < 4.78 is 5.08. The SMILES string of the molecule is COCCc1ccc(C2(C)CCCN2)cc1. The van der Waals surface area contributed by atoms with Crippen LogP contribution < -0.4 is 5.32 Å². The first-order valence-electron chi connectivity index (χ1n) is 6.08. The van der Waals surface area contributed by atoms with E-state index in [9.17, 15) is 0 Å². The smallest absolute Gasteiger partial charge is 0.0502 e. The molecule has 16 heavy (non-hydrogen) atoms. The van der Waals surface area contributed by atoms with Crippen LogP contribution in [0, 0.1) is 0 Å². The first-order chi connectivity index (χ1) is 7.74. The second-order valence-corrected chi connectivity index (χ2v) is 4.80. The number of nitrogens with one attached hydrogen (secondary N) is 1. The van der Waals surface area contributed by atoms with E-state index in [1.54, 1.807) is 7.11 Å². The maximum absolute atomic E-state index is 5.08. The van der Waals surface area contributed by atoms with Crippen molar-refractivity contribution >= 4 is 0 Å². The monoisotopic (exact) mass is 219 g/mol. The Morgan fingerprint density at radius 3 is 2.62 bits per heavy atom. The third-order valence-electron chi connectivity index (χ3n) is 3.55. The summed E-state index contributed by atoms with van der Waals surface area (Å²) in [5.74, 6) is 0. The number of hydrogen-bond acceptors (Lipinski definition) is 2. The average Bonchev–Trinajstić information content (AvgIpc) is 2.75. The van der Waals surface area contributed by atoms with Gasteiger partial charge in [0.25, 0.3) is 0 Å². The van der Waals surface area contributed by atoms with Gasteiger partial charge in [0.2, 0.25) is 0 Å². The van der Waals surface area contributed by atoms with Gasteiger partial charge in [-0.2, -0.15) is 0 Å². The van der Waals surface area contributed by atoms with Gasteiger partial charge in [-0.15, -0.1) is 0 Å². The minimum atomic E-state index is 0.194. The second-order valence-electron chi connectivity index (χ2n) is 4.80. The van der Waals surface area contributed by atoms with Crippen LogP contribution in [0.5, 0.6) is 0 Å². The van der Waals surface area contributed by atoms with E-state index >= 15 is 0 Å². The standard InChI is InChI=1S/C14H21NO/c1-14(9-3-10-15-14)13-6-4-12(5-7-13)8-11-16-2/h4-7,15H,3,8-11H2,1-2H3. The molecule has 0 aromatic heterocycles. The summed E-state index contributed by atoms with van der Waals surface area (Å²) in [4.78, 5) is 0. The van der Waals surface area contributed by atoms with Crippen molar-refractivity contribution in [2.24, 2.45) is 0 Å². The predicted octanol–water partition coefficient (Wildman–Crippen LogP) is 2.47. The summed E-state index contributed by atoms with van der Waals surface area (Å²) in [7, 11) is 1.75. The van der Waals surface area contributed by atoms with E-state index in [0.717, 1.165) is 19.6 Å². The fourth-order valence-corrected chi connectivity index (χ4v) is 2.40. The van der Waals surface area contributed by atoms with Crippen LogP contribution in [-0.2, 0) is 16.7 Å². The van der Waals surface area contributed by atoms with Crippen LogP contribution in [0.4, 0.5) is 0 Å². The first kappa shape index (κ1) is 11.6. The van der Waals surface area contributed by atoms with Crippen molar-refractivity contribution in [2.75, 3.05) is 20.3 Å². The highest BCUT2D eigenvalue weighted by atomic mass is 16.5. The molecule has 88 valence electrons. The van der Waals surface area contributed by atoms with E-state index in [1.807, 2.05) is 0 Å². The van der Waals surface area contributed by atoms with Crippen molar-refractivity contribution in [2.45, 2.75) is 31.7 Å². The highest BCUT2D eigenvalue weighted by molar-refractivity contribution is 5.29. The quantitative estimate of drug-likeness (QED) is 0.840. The number of benzene rings is 1. The molecule has 1 N–H and O–H groups in total. The molecule has 0 bridgehead atoms. The molecule has 0 aliphatic carbocycles. The summed E-state index contributed by atoms with van der Waals surface area (Å²) in [5.41, 5.74) is 2.96. The summed E-state index contributed by atoms with van der Waals surface area (Å²) in [5, 5.41) is 3.59. The van der Waals surface area contributed by atoms with E-state index in [2.05, 4.69) is 36.5 Å². The number of rotatable bonds is 4. The molecule has 1 aromatic rings. The first-order valence-corrected chi connectivity index (χ1v) is 6.08. The van der Waals surface area contributed by atoms with Crippen LogP contribution in [0.25, 0.3) is 0 Å². The van der Waals surface area contributed by atoms with Gasteiger partial charge in [-0.3, -0.25) is 0 Å². The Kier molecular flexibility index (Phi) is 3.62. The number of methoxy groups -OCH3 is 1. The molecule has 1 atom stereocenters. The Morgan fingerprint density at radius 2 is 2.06 bits per heavy atom. The molecule has 1 aliphatic heterocycles. The highest BCUT2D eigenvalue weighted by Crippen LogP contribution is 2.30. The van der Waals surface area contributed by atoms with Gasteiger partial charge in [-0.25, -0.2) is 0 Å². The number of hydrogen-bond donors (Lipinski definition) is 1. The highest BCUT2D eigenvalue weighted by Gasteiger charge is 2.29. The van der Waals surface area contributed by atoms with Gasteiger partial charge in [-0.05, 0) is 43.9 Å². The van der Waals surface area contributed by atoms with Gasteiger partial charge < -0.3 is 10.1 Å². The summed E-state index contributed by atoms with van der Waals surface area (Å²) in [6.07, 6.45) is 3.52. The van der Waals surface area contributed by atoms with Gasteiger partial charge >= 0.3 is 0 Å². The Hall–Kier alpha value is -0.860. The van der Waals surface area contributed by atoms with E-state index in [0.29, 0.717) is 0 Å². The minimum Gasteiger partial charge on any atom is -0.384 e. The van der Waals surface area contributed by atoms with Gasteiger partial charge in [0.05, 0.1) is 6.61 Å². The van der Waals surface area contributed by atoms with Crippen LogP contribution in [0.15, 0.2) is 24.3 Å². The fraction of sp³-hybridized carbons (Fsp3) is 0.571. The lowest BCUT2D eigenvalue weighted by molar-refractivity contribution is 0.202. The molecule has 0 radical (unpaired) electrons. The van der Waals surface area contributed by atoms with Crippen LogP contribution in [-0.4, -0.2) is 20.3 Å². The molecule has 2 heteroatoms. The number of ether oxygens (including phenoxy) is 1. The van der Waals surface area contributed by atoms with Crippen molar-refractivity contribution in [3.8, 4) is 0 Å². The van der Waals surface area contributed by atoms with E-state index in [1.165, 1.54) is 24.0 Å². The Bertz CT molecular complexity index is 325. The molecule has 1 heterocycles. The van der Waals surface area contributed by atoms with E-state index < -0.39 is 0 Å². The van der Waals surface area contributed by atoms with Crippen molar-refractivity contribution in [1.82, 2.24) is 5.32 Å². The van der Waals surface area contributed by atoms with Gasteiger partial charge in [0.1, 0.15) is 0 Å². The molecule has 0 amide bonds. The molecular weight excluding hydrogens is 198 g/mol. The normalized spacial score (nSPS) is 24.9. The van der Waals surface area contributed by atoms with Crippen molar-refractivity contribution < 1.29 is 4.74 Å². The molecule has 1 aliphatic rings. The average molecular weight is 219 g/mol. The third kappa shape index (κ3) is 2.45.